The lowest BCUT2D eigenvalue weighted by molar-refractivity contribution is 0.0835. The lowest BCUT2D eigenvalue weighted by atomic mass is 10.2. The molecule has 0 aliphatic rings. The standard InChI is InChI=1S/C11H16N2O3/c1-8-4-3-5-10(12-8)11(15)13-9(6-14)7-16-2/h3-5,9,14H,6-7H2,1-2H3,(H,13,15). The lowest BCUT2D eigenvalue weighted by Gasteiger charge is -2.14. The molecular weight excluding hydrogens is 208 g/mol. The Bertz CT molecular complexity index is 355. The molecule has 1 aromatic rings. The molecule has 0 aromatic carbocycles. The number of nitrogens with zero attached hydrogens (tertiary/aromatic N) is 1. The summed E-state index contributed by atoms with van der Waals surface area (Å²) in [5.41, 5.74) is 1.12. The first-order valence-corrected chi connectivity index (χ1v) is 5.01. The number of nitrogens with one attached hydrogen (secondary N) is 1. The van der Waals surface area contributed by atoms with Crippen molar-refractivity contribution in [1.29, 1.82) is 0 Å². The van der Waals surface area contributed by atoms with E-state index < -0.39 is 6.04 Å². The van der Waals surface area contributed by atoms with Gasteiger partial charge in [-0.25, -0.2) is 4.98 Å². The Morgan fingerprint density at radius 3 is 2.94 bits per heavy atom. The van der Waals surface area contributed by atoms with Crippen LogP contribution >= 0.6 is 0 Å². The fourth-order valence-electron chi connectivity index (χ4n) is 1.27. The van der Waals surface area contributed by atoms with Crippen LogP contribution in [0.25, 0.3) is 0 Å². The van der Waals surface area contributed by atoms with Crippen LogP contribution in [0.2, 0.25) is 0 Å². The van der Waals surface area contributed by atoms with E-state index in [4.69, 9.17) is 9.84 Å². The Labute approximate surface area is 94.5 Å². The Balaban J connectivity index is 2.64. The number of aromatic nitrogens is 1. The average molecular weight is 224 g/mol. The van der Waals surface area contributed by atoms with Gasteiger partial charge in [0.05, 0.1) is 19.3 Å². The third-order valence-electron chi connectivity index (χ3n) is 2.04. The number of pyridine rings is 1. The van der Waals surface area contributed by atoms with E-state index in [1.807, 2.05) is 13.0 Å². The van der Waals surface area contributed by atoms with Gasteiger partial charge in [0.15, 0.2) is 0 Å². The molecule has 0 aliphatic carbocycles. The fourth-order valence-corrected chi connectivity index (χ4v) is 1.27. The summed E-state index contributed by atoms with van der Waals surface area (Å²) in [7, 11) is 1.51. The number of aliphatic hydroxyl groups is 1. The summed E-state index contributed by atoms with van der Waals surface area (Å²) < 4.78 is 4.86. The molecule has 16 heavy (non-hydrogen) atoms. The van der Waals surface area contributed by atoms with Crippen LogP contribution in [0.5, 0.6) is 0 Å². The Kier molecular flexibility index (Phi) is 4.88. The van der Waals surface area contributed by atoms with Gasteiger partial charge >= 0.3 is 0 Å². The molecule has 1 heterocycles. The zero-order valence-electron chi connectivity index (χ0n) is 9.43. The zero-order chi connectivity index (χ0) is 12.0. The van der Waals surface area contributed by atoms with Crippen LogP contribution in [0.4, 0.5) is 0 Å². The van der Waals surface area contributed by atoms with Gasteiger partial charge in [0.25, 0.3) is 5.91 Å². The molecule has 0 fully saturated rings. The molecule has 1 aromatic heterocycles. The Morgan fingerprint density at radius 2 is 2.38 bits per heavy atom. The van der Waals surface area contributed by atoms with Gasteiger partial charge in [0.2, 0.25) is 0 Å². The number of ether oxygens (including phenoxy) is 1. The Morgan fingerprint density at radius 1 is 1.62 bits per heavy atom. The summed E-state index contributed by atoms with van der Waals surface area (Å²) in [6.45, 7) is 1.93. The molecular formula is C11H16N2O3. The van der Waals surface area contributed by atoms with E-state index in [0.29, 0.717) is 5.69 Å². The van der Waals surface area contributed by atoms with Crippen molar-refractivity contribution in [3.63, 3.8) is 0 Å². The van der Waals surface area contributed by atoms with Crippen LogP contribution in [-0.4, -0.2) is 42.4 Å². The molecule has 0 saturated heterocycles. The van der Waals surface area contributed by atoms with Gasteiger partial charge in [0.1, 0.15) is 5.69 Å². The first-order valence-electron chi connectivity index (χ1n) is 5.01. The highest BCUT2D eigenvalue weighted by Gasteiger charge is 2.13. The van der Waals surface area contributed by atoms with E-state index in [0.717, 1.165) is 5.69 Å². The highest BCUT2D eigenvalue weighted by atomic mass is 16.5. The molecule has 5 heteroatoms. The van der Waals surface area contributed by atoms with Gasteiger partial charge in [-0.05, 0) is 19.1 Å². The monoisotopic (exact) mass is 224 g/mol. The molecule has 0 bridgehead atoms. The quantitative estimate of drug-likeness (QED) is 0.745. The Hall–Kier alpha value is -1.46. The summed E-state index contributed by atoms with van der Waals surface area (Å²) in [5, 5.41) is 11.6. The third kappa shape index (κ3) is 3.60. The van der Waals surface area contributed by atoms with Gasteiger partial charge in [-0.3, -0.25) is 4.79 Å². The second kappa shape index (κ2) is 6.19. The smallest absolute Gasteiger partial charge is 0.270 e. The van der Waals surface area contributed by atoms with E-state index in [1.54, 1.807) is 12.1 Å². The second-order valence-corrected chi connectivity index (χ2v) is 3.47. The normalized spacial score (nSPS) is 12.2. The lowest BCUT2D eigenvalue weighted by Crippen LogP contribution is -2.40. The van der Waals surface area contributed by atoms with Crippen molar-refractivity contribution in [3.8, 4) is 0 Å². The van der Waals surface area contributed by atoms with Crippen molar-refractivity contribution < 1.29 is 14.6 Å². The van der Waals surface area contributed by atoms with E-state index in [2.05, 4.69) is 10.3 Å². The second-order valence-electron chi connectivity index (χ2n) is 3.47. The number of hydrogen-bond donors (Lipinski definition) is 2. The first-order chi connectivity index (χ1) is 7.67. The van der Waals surface area contributed by atoms with Gasteiger partial charge in [0, 0.05) is 12.8 Å². The molecule has 1 atom stereocenters. The van der Waals surface area contributed by atoms with Gasteiger partial charge in [-0.2, -0.15) is 0 Å². The van der Waals surface area contributed by atoms with Crippen LogP contribution in [0.3, 0.4) is 0 Å². The summed E-state index contributed by atoms with van der Waals surface area (Å²) >= 11 is 0. The van der Waals surface area contributed by atoms with E-state index >= 15 is 0 Å². The summed E-state index contributed by atoms with van der Waals surface area (Å²) in [4.78, 5) is 15.8. The number of carbonyl (C=O) groups excluding carboxylic acids is 1. The molecule has 0 spiro atoms. The van der Waals surface area contributed by atoms with Crippen molar-refractivity contribution in [2.24, 2.45) is 0 Å². The van der Waals surface area contributed by atoms with Gasteiger partial charge in [-0.1, -0.05) is 6.07 Å². The van der Waals surface area contributed by atoms with Crippen LogP contribution in [0.1, 0.15) is 16.2 Å². The average Bonchev–Trinajstić information content (AvgIpc) is 2.28. The molecule has 1 unspecified atom stereocenters. The number of amides is 1. The number of aryl methyl sites for hydroxylation is 1. The predicted octanol–water partition coefficient (Wildman–Crippen LogP) is 0.127. The maximum Gasteiger partial charge on any atom is 0.270 e. The topological polar surface area (TPSA) is 71.5 Å². The van der Waals surface area contributed by atoms with Crippen LogP contribution in [0, 0.1) is 6.92 Å². The molecule has 0 saturated carbocycles. The number of carbonyl (C=O) groups is 1. The molecule has 1 amide bonds. The number of hydrogen-bond acceptors (Lipinski definition) is 4. The van der Waals surface area contributed by atoms with Crippen LogP contribution < -0.4 is 5.32 Å². The highest BCUT2D eigenvalue weighted by molar-refractivity contribution is 5.92. The number of rotatable bonds is 5. The molecule has 0 radical (unpaired) electrons. The zero-order valence-corrected chi connectivity index (χ0v) is 9.43. The van der Waals surface area contributed by atoms with Gasteiger partial charge in [-0.15, -0.1) is 0 Å². The van der Waals surface area contributed by atoms with E-state index in [1.165, 1.54) is 7.11 Å². The summed E-state index contributed by atoms with van der Waals surface area (Å²) in [6.07, 6.45) is 0. The van der Waals surface area contributed by atoms with Crippen LogP contribution in [0.15, 0.2) is 18.2 Å². The highest BCUT2D eigenvalue weighted by Crippen LogP contribution is 1.98. The van der Waals surface area contributed by atoms with E-state index in [9.17, 15) is 4.79 Å². The largest absolute Gasteiger partial charge is 0.394 e. The van der Waals surface area contributed by atoms with Crippen molar-refractivity contribution in [2.75, 3.05) is 20.3 Å². The SMILES string of the molecule is COCC(CO)NC(=O)c1cccc(C)n1. The van der Waals surface area contributed by atoms with Crippen LogP contribution in [-0.2, 0) is 4.74 Å². The number of aliphatic hydroxyl groups excluding tert-OH is 1. The van der Waals surface area contributed by atoms with Crippen molar-refractivity contribution in [1.82, 2.24) is 10.3 Å². The summed E-state index contributed by atoms with van der Waals surface area (Å²) in [6, 6.07) is 4.81. The van der Waals surface area contributed by atoms with Crippen molar-refractivity contribution in [2.45, 2.75) is 13.0 Å². The molecule has 5 nitrogen and oxygen atoms in total. The molecule has 0 aliphatic heterocycles. The third-order valence-corrected chi connectivity index (χ3v) is 2.04. The minimum Gasteiger partial charge on any atom is -0.394 e. The molecule has 1 rings (SSSR count). The number of methoxy groups -OCH3 is 1. The van der Waals surface area contributed by atoms with Crippen molar-refractivity contribution in [3.05, 3.63) is 29.6 Å². The van der Waals surface area contributed by atoms with Crippen molar-refractivity contribution >= 4 is 5.91 Å². The fraction of sp³-hybridized carbons (Fsp3) is 0.455. The van der Waals surface area contributed by atoms with E-state index in [-0.39, 0.29) is 19.1 Å². The minimum absolute atomic E-state index is 0.161. The molecule has 2 N–H and O–H groups in total. The first kappa shape index (κ1) is 12.6. The maximum atomic E-state index is 11.7. The predicted molar refractivity (Wildman–Crippen MR) is 59.2 cm³/mol. The maximum absolute atomic E-state index is 11.7. The minimum atomic E-state index is -0.403. The molecule has 88 valence electrons. The summed E-state index contributed by atoms with van der Waals surface area (Å²) in [5.74, 6) is -0.306. The van der Waals surface area contributed by atoms with Gasteiger partial charge < -0.3 is 15.2 Å².